The Morgan fingerprint density at radius 3 is 2.74 bits per heavy atom. The van der Waals surface area contributed by atoms with Gasteiger partial charge in [-0.2, -0.15) is 0 Å². The number of hydrogen-bond acceptors (Lipinski definition) is 5. The number of pyridine rings is 1. The van der Waals surface area contributed by atoms with Crippen LogP contribution in [0.4, 0.5) is 11.4 Å². The smallest absolute Gasteiger partial charge is 0.261 e. The van der Waals surface area contributed by atoms with Crippen molar-refractivity contribution < 1.29 is 9.90 Å². The van der Waals surface area contributed by atoms with Crippen LogP contribution in [-0.2, 0) is 10.2 Å². The number of benzene rings is 2. The molecule has 9 heteroatoms. The number of nitrogens with zero attached hydrogens (tertiary/aromatic N) is 2. The predicted molar refractivity (Wildman–Crippen MR) is 138 cm³/mol. The van der Waals surface area contributed by atoms with Crippen LogP contribution < -0.4 is 15.8 Å². The average molecular weight is 492 g/mol. The summed E-state index contributed by atoms with van der Waals surface area (Å²) in [7, 11) is 0. The molecule has 4 N–H and O–H groups in total. The van der Waals surface area contributed by atoms with Crippen LogP contribution in [0, 0.1) is 0 Å². The normalized spacial score (nSPS) is 15.5. The second-order valence-corrected chi connectivity index (χ2v) is 9.63. The Balaban J connectivity index is 1.51. The molecule has 1 aliphatic heterocycles. The van der Waals surface area contributed by atoms with Crippen LogP contribution in [0.5, 0.6) is 0 Å². The number of nitrogens with one attached hydrogen (secondary N) is 3. The number of amides is 1. The standard InChI is InChI=1S/C26H26ClN5O3/c1-4-32-20-12-19-18(11-16(20)26(2,3)25(32)35)30-23(31-19)22-17(8-9-28-24(22)34)29-13-21(33)14-6-5-7-15(27)10-14/h5-12,21,33H,4,13H2,1-3H3,(H,30,31)(H2,28,29,34). The maximum Gasteiger partial charge on any atom is 0.261 e. The van der Waals surface area contributed by atoms with E-state index in [0.29, 0.717) is 39.7 Å². The monoisotopic (exact) mass is 491 g/mol. The summed E-state index contributed by atoms with van der Waals surface area (Å²) in [5.74, 6) is 0.463. The minimum Gasteiger partial charge on any atom is -0.387 e. The van der Waals surface area contributed by atoms with Gasteiger partial charge < -0.3 is 25.3 Å². The Kier molecular flexibility index (Phi) is 5.65. The Hall–Kier alpha value is -3.62. The van der Waals surface area contributed by atoms with Crippen LogP contribution in [0.15, 0.2) is 53.5 Å². The first-order chi connectivity index (χ1) is 16.7. The van der Waals surface area contributed by atoms with Gasteiger partial charge in [-0.3, -0.25) is 9.59 Å². The molecule has 1 aliphatic rings. The lowest BCUT2D eigenvalue weighted by atomic mass is 9.86. The molecule has 5 rings (SSSR count). The summed E-state index contributed by atoms with van der Waals surface area (Å²) in [4.78, 5) is 38.1. The number of likely N-dealkylation sites (N-methyl/N-ethyl adjacent to an activating group) is 1. The molecule has 4 aromatic rings. The van der Waals surface area contributed by atoms with Crippen molar-refractivity contribution in [3.05, 3.63) is 75.2 Å². The first-order valence-corrected chi connectivity index (χ1v) is 11.8. The van der Waals surface area contributed by atoms with Crippen LogP contribution >= 0.6 is 11.6 Å². The molecule has 0 saturated heterocycles. The number of carbonyl (C=O) groups is 1. The fourth-order valence-corrected chi connectivity index (χ4v) is 4.86. The summed E-state index contributed by atoms with van der Waals surface area (Å²) in [5, 5.41) is 14.3. The molecule has 0 spiro atoms. The van der Waals surface area contributed by atoms with Gasteiger partial charge in [0.1, 0.15) is 11.4 Å². The van der Waals surface area contributed by atoms with Crippen molar-refractivity contribution in [2.75, 3.05) is 23.3 Å². The number of aliphatic hydroxyl groups excluding tert-OH is 1. The number of anilines is 2. The molecule has 0 bridgehead atoms. The fraction of sp³-hybridized carbons (Fsp3) is 0.269. The Morgan fingerprint density at radius 2 is 2.00 bits per heavy atom. The van der Waals surface area contributed by atoms with Gasteiger partial charge in [-0.1, -0.05) is 23.7 Å². The second-order valence-electron chi connectivity index (χ2n) is 9.19. The van der Waals surface area contributed by atoms with E-state index >= 15 is 0 Å². The van der Waals surface area contributed by atoms with Crippen molar-refractivity contribution in [2.45, 2.75) is 32.3 Å². The molecule has 0 radical (unpaired) electrons. The van der Waals surface area contributed by atoms with E-state index < -0.39 is 11.5 Å². The summed E-state index contributed by atoms with van der Waals surface area (Å²) >= 11 is 6.04. The zero-order chi connectivity index (χ0) is 24.9. The van der Waals surface area contributed by atoms with E-state index in [1.54, 1.807) is 41.4 Å². The highest BCUT2D eigenvalue weighted by atomic mass is 35.5. The maximum atomic E-state index is 12.9. The number of hydrogen-bond donors (Lipinski definition) is 4. The van der Waals surface area contributed by atoms with E-state index in [-0.39, 0.29) is 18.0 Å². The van der Waals surface area contributed by atoms with Crippen molar-refractivity contribution in [1.82, 2.24) is 15.0 Å². The van der Waals surface area contributed by atoms with Crippen molar-refractivity contribution in [3.63, 3.8) is 0 Å². The van der Waals surface area contributed by atoms with Gasteiger partial charge in [-0.25, -0.2) is 4.98 Å². The van der Waals surface area contributed by atoms with E-state index in [0.717, 1.165) is 16.8 Å². The lowest BCUT2D eigenvalue weighted by Crippen LogP contribution is -2.35. The number of aromatic amines is 2. The number of imidazole rings is 1. The molecular formula is C26H26ClN5O3. The number of aromatic nitrogens is 3. The highest BCUT2D eigenvalue weighted by molar-refractivity contribution is 6.30. The largest absolute Gasteiger partial charge is 0.387 e. The minimum absolute atomic E-state index is 0.0622. The van der Waals surface area contributed by atoms with E-state index in [4.69, 9.17) is 16.6 Å². The maximum absolute atomic E-state index is 12.9. The number of H-pyrrole nitrogens is 2. The lowest BCUT2D eigenvalue weighted by Gasteiger charge is -2.18. The number of aliphatic hydroxyl groups is 1. The molecule has 1 unspecified atom stereocenters. The highest BCUT2D eigenvalue weighted by Gasteiger charge is 2.43. The topological polar surface area (TPSA) is 114 Å². The van der Waals surface area contributed by atoms with Crippen molar-refractivity contribution in [2.24, 2.45) is 0 Å². The molecule has 1 amide bonds. The third-order valence-electron chi connectivity index (χ3n) is 6.58. The molecular weight excluding hydrogens is 466 g/mol. The van der Waals surface area contributed by atoms with Gasteiger partial charge in [0.15, 0.2) is 0 Å². The Bertz CT molecular complexity index is 1510. The molecule has 0 fully saturated rings. The quantitative estimate of drug-likeness (QED) is 0.320. The van der Waals surface area contributed by atoms with E-state index in [2.05, 4.69) is 15.3 Å². The summed E-state index contributed by atoms with van der Waals surface area (Å²) in [6, 6.07) is 12.6. The third kappa shape index (κ3) is 3.88. The molecule has 3 heterocycles. The summed E-state index contributed by atoms with van der Waals surface area (Å²) < 4.78 is 0. The molecule has 180 valence electrons. The van der Waals surface area contributed by atoms with Gasteiger partial charge >= 0.3 is 0 Å². The number of rotatable bonds is 6. The number of halogens is 1. The molecule has 2 aromatic heterocycles. The lowest BCUT2D eigenvalue weighted by molar-refractivity contribution is -0.122. The number of fused-ring (bicyclic) bond motifs is 2. The van der Waals surface area contributed by atoms with Crippen LogP contribution in [0.3, 0.4) is 0 Å². The average Bonchev–Trinajstić information content (AvgIpc) is 3.32. The molecule has 0 saturated carbocycles. The number of carbonyl (C=O) groups excluding carboxylic acids is 1. The molecule has 1 atom stereocenters. The molecule has 2 aromatic carbocycles. The zero-order valence-electron chi connectivity index (χ0n) is 19.6. The minimum atomic E-state index is -0.820. The van der Waals surface area contributed by atoms with E-state index in [1.165, 1.54) is 0 Å². The first kappa shape index (κ1) is 23.1. The summed E-state index contributed by atoms with van der Waals surface area (Å²) in [6.07, 6.45) is 0.726. The van der Waals surface area contributed by atoms with Gasteiger partial charge in [0, 0.05) is 24.3 Å². The third-order valence-corrected chi connectivity index (χ3v) is 6.81. The van der Waals surface area contributed by atoms with Crippen LogP contribution in [0.2, 0.25) is 5.02 Å². The van der Waals surface area contributed by atoms with Crippen LogP contribution in [0.25, 0.3) is 22.4 Å². The van der Waals surface area contributed by atoms with Gasteiger partial charge in [0.25, 0.3) is 5.56 Å². The SMILES string of the molecule is CCN1C(=O)C(C)(C)c2cc3nc(-c4c(NCC(O)c5cccc(Cl)c5)cc[nH]c4=O)[nH]c3cc21. The van der Waals surface area contributed by atoms with Gasteiger partial charge in [-0.15, -0.1) is 0 Å². The van der Waals surface area contributed by atoms with E-state index in [1.807, 2.05) is 32.9 Å². The van der Waals surface area contributed by atoms with Crippen molar-refractivity contribution >= 4 is 39.9 Å². The van der Waals surface area contributed by atoms with Crippen LogP contribution in [-0.4, -0.2) is 39.1 Å². The van der Waals surface area contributed by atoms with Gasteiger partial charge in [-0.05, 0) is 62.2 Å². The van der Waals surface area contributed by atoms with E-state index in [9.17, 15) is 14.7 Å². The van der Waals surface area contributed by atoms with Crippen molar-refractivity contribution in [3.8, 4) is 11.4 Å². The molecule has 8 nitrogen and oxygen atoms in total. The second kappa shape index (κ2) is 8.55. The van der Waals surface area contributed by atoms with Gasteiger partial charge in [0.2, 0.25) is 5.91 Å². The van der Waals surface area contributed by atoms with Gasteiger partial charge in [0.05, 0.1) is 33.9 Å². The summed E-state index contributed by atoms with van der Waals surface area (Å²) in [6.45, 7) is 6.53. The van der Waals surface area contributed by atoms with Crippen molar-refractivity contribution in [1.29, 1.82) is 0 Å². The molecule has 35 heavy (non-hydrogen) atoms. The highest BCUT2D eigenvalue weighted by Crippen LogP contribution is 2.43. The molecule has 0 aliphatic carbocycles. The zero-order valence-corrected chi connectivity index (χ0v) is 20.4. The first-order valence-electron chi connectivity index (χ1n) is 11.5. The fourth-order valence-electron chi connectivity index (χ4n) is 4.66. The van der Waals surface area contributed by atoms with Crippen LogP contribution in [0.1, 0.15) is 38.0 Å². The Morgan fingerprint density at radius 1 is 1.20 bits per heavy atom. The predicted octanol–water partition coefficient (Wildman–Crippen LogP) is 4.36. The Labute approximate surface area is 207 Å². The summed E-state index contributed by atoms with van der Waals surface area (Å²) in [5.41, 5.74) is 3.76.